The Kier molecular flexibility index (Phi) is 5.10. The molecule has 1 fully saturated rings. The molecule has 0 saturated carbocycles. The van der Waals surface area contributed by atoms with Gasteiger partial charge < -0.3 is 15.2 Å². The van der Waals surface area contributed by atoms with Crippen LogP contribution in [0.5, 0.6) is 5.75 Å². The summed E-state index contributed by atoms with van der Waals surface area (Å²) in [6.45, 7) is 0. The number of benzene rings is 1. The lowest BCUT2D eigenvalue weighted by atomic mass is 10.2. The van der Waals surface area contributed by atoms with E-state index in [0.717, 1.165) is 11.8 Å². The lowest BCUT2D eigenvalue weighted by Crippen LogP contribution is -2.26. The van der Waals surface area contributed by atoms with Crippen LogP contribution in [0, 0.1) is 5.82 Å². The van der Waals surface area contributed by atoms with Crippen molar-refractivity contribution in [3.8, 4) is 5.75 Å². The van der Waals surface area contributed by atoms with Gasteiger partial charge in [0.2, 0.25) is 5.91 Å². The zero-order valence-electron chi connectivity index (χ0n) is 11.4. The molecule has 0 bridgehead atoms. The quantitative estimate of drug-likeness (QED) is 0.626. The molecule has 1 amide bonds. The maximum absolute atomic E-state index is 13.2. The van der Waals surface area contributed by atoms with Crippen LogP contribution in [-0.4, -0.2) is 40.7 Å². The molecule has 1 aromatic carbocycles. The van der Waals surface area contributed by atoms with E-state index >= 15 is 0 Å². The summed E-state index contributed by atoms with van der Waals surface area (Å²) in [5.74, 6) is -1.87. The number of carbonyl (C=O) groups is 2. The number of carbonyl (C=O) groups excluding carboxylic acids is 1. The number of nitrogens with one attached hydrogen (secondary N) is 1. The predicted octanol–water partition coefficient (Wildman–Crippen LogP) is 1.23. The van der Waals surface area contributed by atoms with E-state index in [1.807, 2.05) is 0 Å². The Labute approximate surface area is 129 Å². The van der Waals surface area contributed by atoms with Crippen LogP contribution in [0.3, 0.4) is 0 Å². The molecule has 1 heterocycles. The third-order valence-electron chi connectivity index (χ3n) is 2.67. The third kappa shape index (κ3) is 4.04. The van der Waals surface area contributed by atoms with Crippen molar-refractivity contribution >= 4 is 35.0 Å². The SMILES string of the molecule is COc1cc(C=NN=C2NC(=O)C(CC(=O)O)S2)ccc1F. The van der Waals surface area contributed by atoms with Crippen LogP contribution >= 0.6 is 11.8 Å². The van der Waals surface area contributed by atoms with Gasteiger partial charge in [0, 0.05) is 0 Å². The largest absolute Gasteiger partial charge is 0.494 e. The lowest BCUT2D eigenvalue weighted by molar-refractivity contribution is -0.138. The molecular weight excluding hydrogens is 313 g/mol. The molecule has 1 unspecified atom stereocenters. The van der Waals surface area contributed by atoms with Crippen molar-refractivity contribution in [1.82, 2.24) is 5.32 Å². The maximum atomic E-state index is 13.2. The van der Waals surface area contributed by atoms with Gasteiger partial charge in [-0.1, -0.05) is 17.8 Å². The van der Waals surface area contributed by atoms with Gasteiger partial charge in [-0.2, -0.15) is 5.10 Å². The highest BCUT2D eigenvalue weighted by Gasteiger charge is 2.32. The predicted molar refractivity (Wildman–Crippen MR) is 79.8 cm³/mol. The minimum atomic E-state index is -1.06. The molecule has 116 valence electrons. The summed E-state index contributed by atoms with van der Waals surface area (Å²) in [7, 11) is 1.35. The lowest BCUT2D eigenvalue weighted by Gasteiger charge is -2.01. The number of amides is 1. The van der Waals surface area contributed by atoms with Gasteiger partial charge in [-0.15, -0.1) is 5.10 Å². The number of methoxy groups -OCH3 is 1. The van der Waals surface area contributed by atoms with Crippen molar-refractivity contribution in [3.05, 3.63) is 29.6 Å². The monoisotopic (exact) mass is 325 g/mol. The molecule has 9 heteroatoms. The smallest absolute Gasteiger partial charge is 0.305 e. The molecule has 1 aliphatic rings. The van der Waals surface area contributed by atoms with Gasteiger partial charge in [0.15, 0.2) is 16.7 Å². The van der Waals surface area contributed by atoms with Gasteiger partial charge in [-0.05, 0) is 17.7 Å². The van der Waals surface area contributed by atoms with Gasteiger partial charge in [-0.3, -0.25) is 9.59 Å². The first-order chi connectivity index (χ1) is 10.5. The summed E-state index contributed by atoms with van der Waals surface area (Å²) in [6.07, 6.45) is 1.08. The first kappa shape index (κ1) is 16.0. The van der Waals surface area contributed by atoms with Crippen LogP contribution in [0.1, 0.15) is 12.0 Å². The number of ether oxygens (including phenoxy) is 1. The Hall–Kier alpha value is -2.42. The van der Waals surface area contributed by atoms with Crippen LogP contribution in [0.4, 0.5) is 4.39 Å². The molecule has 1 saturated heterocycles. The molecule has 1 aromatic rings. The van der Waals surface area contributed by atoms with E-state index in [9.17, 15) is 14.0 Å². The topological polar surface area (TPSA) is 100 Å². The number of hydrogen-bond acceptors (Lipinski definition) is 6. The molecule has 0 spiro atoms. The summed E-state index contributed by atoms with van der Waals surface area (Å²) in [6, 6.07) is 4.18. The van der Waals surface area contributed by atoms with Gasteiger partial charge in [0.25, 0.3) is 0 Å². The standard InChI is InChI=1S/C13H12FN3O4S/c1-21-9-4-7(2-3-8(9)14)6-15-17-13-16-12(20)10(22-13)5-11(18)19/h2-4,6,10H,5H2,1H3,(H,18,19)(H,16,17,20). The van der Waals surface area contributed by atoms with Crippen LogP contribution < -0.4 is 10.1 Å². The summed E-state index contributed by atoms with van der Waals surface area (Å²) in [5.41, 5.74) is 0.569. The fourth-order valence-electron chi connectivity index (χ4n) is 1.65. The van der Waals surface area contributed by atoms with Gasteiger partial charge in [0.1, 0.15) is 5.25 Å². The fraction of sp³-hybridized carbons (Fsp3) is 0.231. The highest BCUT2D eigenvalue weighted by Crippen LogP contribution is 2.22. The second-order valence-electron chi connectivity index (χ2n) is 4.24. The van der Waals surface area contributed by atoms with E-state index in [1.54, 1.807) is 0 Å². The first-order valence-electron chi connectivity index (χ1n) is 6.13. The van der Waals surface area contributed by atoms with E-state index in [2.05, 4.69) is 15.5 Å². The molecule has 0 aromatic heterocycles. The summed E-state index contributed by atoms with van der Waals surface area (Å²) in [5, 5.41) is 18.2. The van der Waals surface area contributed by atoms with Gasteiger partial charge in [0.05, 0.1) is 19.7 Å². The Morgan fingerprint density at radius 1 is 1.59 bits per heavy atom. The zero-order chi connectivity index (χ0) is 16.1. The van der Waals surface area contributed by atoms with Crippen LogP contribution in [-0.2, 0) is 9.59 Å². The van der Waals surface area contributed by atoms with Crippen LogP contribution in [0.25, 0.3) is 0 Å². The van der Waals surface area contributed by atoms with Gasteiger partial charge in [-0.25, -0.2) is 4.39 Å². The Morgan fingerprint density at radius 2 is 2.36 bits per heavy atom. The summed E-state index contributed by atoms with van der Waals surface area (Å²) >= 11 is 1.00. The Balaban J connectivity index is 2.03. The molecule has 2 rings (SSSR count). The molecule has 22 heavy (non-hydrogen) atoms. The summed E-state index contributed by atoms with van der Waals surface area (Å²) < 4.78 is 18.1. The molecular formula is C13H12FN3O4S. The molecule has 0 radical (unpaired) electrons. The maximum Gasteiger partial charge on any atom is 0.305 e. The average molecular weight is 325 g/mol. The van der Waals surface area contributed by atoms with Crippen molar-refractivity contribution in [2.45, 2.75) is 11.7 Å². The third-order valence-corrected chi connectivity index (χ3v) is 3.74. The number of halogens is 1. The number of thioether (sulfide) groups is 1. The molecule has 7 nitrogen and oxygen atoms in total. The van der Waals surface area contributed by atoms with E-state index in [-0.39, 0.29) is 17.3 Å². The number of amidine groups is 1. The van der Waals surface area contributed by atoms with Crippen molar-refractivity contribution in [1.29, 1.82) is 0 Å². The molecule has 1 aliphatic heterocycles. The number of aliphatic carboxylic acids is 1. The number of nitrogens with zero attached hydrogens (tertiary/aromatic N) is 2. The van der Waals surface area contributed by atoms with Crippen molar-refractivity contribution in [3.63, 3.8) is 0 Å². The van der Waals surface area contributed by atoms with E-state index < -0.39 is 22.9 Å². The highest BCUT2D eigenvalue weighted by molar-refractivity contribution is 8.15. The first-order valence-corrected chi connectivity index (χ1v) is 7.01. The zero-order valence-corrected chi connectivity index (χ0v) is 12.3. The van der Waals surface area contributed by atoms with Crippen LogP contribution in [0.15, 0.2) is 28.4 Å². The van der Waals surface area contributed by atoms with Crippen molar-refractivity contribution < 1.29 is 23.8 Å². The molecule has 2 N–H and O–H groups in total. The molecule has 0 aliphatic carbocycles. The molecule has 1 atom stereocenters. The minimum absolute atomic E-state index is 0.0849. The second kappa shape index (κ2) is 7.03. The van der Waals surface area contributed by atoms with Gasteiger partial charge >= 0.3 is 5.97 Å². The highest BCUT2D eigenvalue weighted by atomic mass is 32.2. The average Bonchev–Trinajstić information content (AvgIpc) is 2.80. The van der Waals surface area contributed by atoms with Crippen molar-refractivity contribution in [2.75, 3.05) is 7.11 Å². The fourth-order valence-corrected chi connectivity index (χ4v) is 2.56. The number of carboxylic acids is 1. The van der Waals surface area contributed by atoms with Crippen molar-refractivity contribution in [2.24, 2.45) is 10.2 Å². The van der Waals surface area contributed by atoms with Crippen LogP contribution in [0.2, 0.25) is 0 Å². The summed E-state index contributed by atoms with van der Waals surface area (Å²) in [4.78, 5) is 22.1. The van der Waals surface area contributed by atoms with E-state index in [1.165, 1.54) is 31.5 Å². The second-order valence-corrected chi connectivity index (χ2v) is 5.43. The minimum Gasteiger partial charge on any atom is -0.494 e. The number of rotatable bonds is 5. The normalized spacial score (nSPS) is 19.6. The number of carboxylic acid groups (broad SMARTS) is 1. The Bertz CT molecular complexity index is 663. The number of hydrogen-bond donors (Lipinski definition) is 2. The Morgan fingerprint density at radius 3 is 3.05 bits per heavy atom. The van der Waals surface area contributed by atoms with E-state index in [4.69, 9.17) is 9.84 Å². The van der Waals surface area contributed by atoms with E-state index in [0.29, 0.717) is 5.56 Å².